The Labute approximate surface area is 93.6 Å². The van der Waals surface area contributed by atoms with Crippen LogP contribution in [0, 0.1) is 0 Å². The first-order valence-corrected chi connectivity index (χ1v) is 5.17. The average molecular weight is 264 g/mol. The Kier molecular flexibility index (Phi) is 1.85. The van der Waals surface area contributed by atoms with Crippen molar-refractivity contribution in [1.29, 1.82) is 0 Å². The molecule has 0 aliphatic carbocycles. The van der Waals surface area contributed by atoms with E-state index in [2.05, 4.69) is 26.2 Å². The quantitative estimate of drug-likeness (QED) is 0.678. The lowest BCUT2D eigenvalue weighted by atomic mass is 10.3. The van der Waals surface area contributed by atoms with Gasteiger partial charge in [0.1, 0.15) is 17.5 Å². The van der Waals surface area contributed by atoms with Gasteiger partial charge in [-0.1, -0.05) is 21.1 Å². The van der Waals surface area contributed by atoms with E-state index in [0.717, 1.165) is 21.2 Å². The fourth-order valence-electron chi connectivity index (χ4n) is 1.47. The molecule has 0 fully saturated rings. The van der Waals surface area contributed by atoms with Gasteiger partial charge < -0.3 is 4.42 Å². The van der Waals surface area contributed by atoms with E-state index in [1.165, 1.54) is 0 Å². The highest BCUT2D eigenvalue weighted by Crippen LogP contribution is 2.20. The molecule has 3 rings (SSSR count). The van der Waals surface area contributed by atoms with Gasteiger partial charge in [0.2, 0.25) is 0 Å². The van der Waals surface area contributed by atoms with Gasteiger partial charge in [-0.05, 0) is 18.2 Å². The Morgan fingerprint density at radius 1 is 1.27 bits per heavy atom. The monoisotopic (exact) mass is 263 g/mol. The SMILES string of the molecule is Brc1ccc2c(c1)nnn2-c1ccoc1. The topological polar surface area (TPSA) is 43.9 Å². The molecule has 0 atom stereocenters. The van der Waals surface area contributed by atoms with E-state index in [1.54, 1.807) is 17.2 Å². The summed E-state index contributed by atoms with van der Waals surface area (Å²) in [7, 11) is 0. The van der Waals surface area contributed by atoms with E-state index >= 15 is 0 Å². The molecule has 0 bridgehead atoms. The number of fused-ring (bicyclic) bond motifs is 1. The number of nitrogens with zero attached hydrogens (tertiary/aromatic N) is 3. The van der Waals surface area contributed by atoms with Crippen molar-refractivity contribution in [3.05, 3.63) is 41.3 Å². The van der Waals surface area contributed by atoms with Crippen LogP contribution in [-0.4, -0.2) is 15.0 Å². The molecule has 0 radical (unpaired) electrons. The molecule has 15 heavy (non-hydrogen) atoms. The van der Waals surface area contributed by atoms with E-state index in [4.69, 9.17) is 4.42 Å². The number of hydrogen-bond donors (Lipinski definition) is 0. The largest absolute Gasteiger partial charge is 0.470 e. The zero-order valence-corrected chi connectivity index (χ0v) is 9.18. The lowest BCUT2D eigenvalue weighted by Gasteiger charge is -1.96. The first-order valence-electron chi connectivity index (χ1n) is 4.38. The minimum absolute atomic E-state index is 0.852. The van der Waals surface area contributed by atoms with E-state index in [9.17, 15) is 0 Å². The van der Waals surface area contributed by atoms with Crippen molar-refractivity contribution in [2.45, 2.75) is 0 Å². The zero-order valence-electron chi connectivity index (χ0n) is 7.59. The van der Waals surface area contributed by atoms with Crippen LogP contribution in [0.2, 0.25) is 0 Å². The molecule has 5 heteroatoms. The molecule has 0 amide bonds. The Morgan fingerprint density at radius 3 is 3.00 bits per heavy atom. The molecule has 0 N–H and O–H groups in total. The van der Waals surface area contributed by atoms with Crippen LogP contribution in [0.1, 0.15) is 0 Å². The van der Waals surface area contributed by atoms with Crippen molar-refractivity contribution < 1.29 is 4.42 Å². The second-order valence-corrected chi connectivity index (χ2v) is 4.03. The van der Waals surface area contributed by atoms with E-state index in [1.807, 2.05) is 24.3 Å². The molecule has 1 aromatic carbocycles. The molecule has 0 aliphatic rings. The van der Waals surface area contributed by atoms with Gasteiger partial charge in [-0.25, -0.2) is 4.68 Å². The maximum Gasteiger partial charge on any atom is 0.116 e. The van der Waals surface area contributed by atoms with Crippen LogP contribution >= 0.6 is 15.9 Å². The molecule has 0 aliphatic heterocycles. The van der Waals surface area contributed by atoms with Crippen LogP contribution in [0.3, 0.4) is 0 Å². The van der Waals surface area contributed by atoms with Gasteiger partial charge in [-0.2, -0.15) is 0 Å². The van der Waals surface area contributed by atoms with Crippen molar-refractivity contribution in [2.75, 3.05) is 0 Å². The third-order valence-electron chi connectivity index (χ3n) is 2.16. The molecule has 0 saturated heterocycles. The second kappa shape index (κ2) is 3.20. The summed E-state index contributed by atoms with van der Waals surface area (Å²) in [4.78, 5) is 0. The molecule has 0 saturated carbocycles. The predicted molar refractivity (Wildman–Crippen MR) is 58.8 cm³/mol. The Morgan fingerprint density at radius 2 is 2.20 bits per heavy atom. The van der Waals surface area contributed by atoms with Crippen LogP contribution in [0.4, 0.5) is 0 Å². The minimum Gasteiger partial charge on any atom is -0.470 e. The summed E-state index contributed by atoms with van der Waals surface area (Å²) in [5, 5.41) is 8.14. The molecular weight excluding hydrogens is 258 g/mol. The fourth-order valence-corrected chi connectivity index (χ4v) is 1.81. The van der Waals surface area contributed by atoms with Crippen LogP contribution < -0.4 is 0 Å². The third kappa shape index (κ3) is 1.35. The maximum absolute atomic E-state index is 5.01. The molecule has 2 heterocycles. The zero-order chi connectivity index (χ0) is 10.3. The molecule has 3 aromatic rings. The second-order valence-electron chi connectivity index (χ2n) is 3.12. The van der Waals surface area contributed by atoms with Crippen molar-refractivity contribution in [2.24, 2.45) is 0 Å². The predicted octanol–water partition coefficient (Wildman–Crippen LogP) is 2.78. The maximum atomic E-state index is 5.01. The minimum atomic E-state index is 0.852. The van der Waals surface area contributed by atoms with Crippen LogP contribution in [0.25, 0.3) is 16.7 Å². The highest BCUT2D eigenvalue weighted by atomic mass is 79.9. The van der Waals surface area contributed by atoms with Gasteiger partial charge in [-0.15, -0.1) is 5.10 Å². The number of rotatable bonds is 1. The van der Waals surface area contributed by atoms with E-state index in [0.29, 0.717) is 0 Å². The lowest BCUT2D eigenvalue weighted by molar-refractivity contribution is 0.564. The summed E-state index contributed by atoms with van der Waals surface area (Å²) >= 11 is 3.39. The third-order valence-corrected chi connectivity index (χ3v) is 2.65. The Hall–Kier alpha value is -1.62. The average Bonchev–Trinajstić information content (AvgIpc) is 2.82. The highest BCUT2D eigenvalue weighted by Gasteiger charge is 2.06. The van der Waals surface area contributed by atoms with Crippen LogP contribution in [0.5, 0.6) is 0 Å². The highest BCUT2D eigenvalue weighted by molar-refractivity contribution is 9.10. The smallest absolute Gasteiger partial charge is 0.116 e. The first-order chi connectivity index (χ1) is 7.34. The van der Waals surface area contributed by atoms with Gasteiger partial charge in [0, 0.05) is 10.5 Å². The van der Waals surface area contributed by atoms with Crippen molar-refractivity contribution in [3.8, 4) is 5.69 Å². The van der Waals surface area contributed by atoms with Gasteiger partial charge in [0.25, 0.3) is 0 Å². The van der Waals surface area contributed by atoms with Gasteiger partial charge in [0.05, 0.1) is 11.8 Å². The molecule has 4 nitrogen and oxygen atoms in total. The summed E-state index contributed by atoms with van der Waals surface area (Å²) < 4.78 is 7.75. The summed E-state index contributed by atoms with van der Waals surface area (Å²) in [6.07, 6.45) is 3.25. The number of hydrogen-bond acceptors (Lipinski definition) is 3. The van der Waals surface area contributed by atoms with Gasteiger partial charge in [0.15, 0.2) is 0 Å². The molecule has 0 spiro atoms. The standard InChI is InChI=1S/C10H6BrN3O/c11-7-1-2-10-9(5-7)12-13-14(10)8-3-4-15-6-8/h1-6H. The Balaban J connectivity index is 2.29. The molecule has 74 valence electrons. The molecular formula is C10H6BrN3O. The van der Waals surface area contributed by atoms with Crippen LogP contribution in [-0.2, 0) is 0 Å². The van der Waals surface area contributed by atoms with Crippen molar-refractivity contribution in [3.63, 3.8) is 0 Å². The summed E-state index contributed by atoms with van der Waals surface area (Å²) in [5.74, 6) is 0. The summed E-state index contributed by atoms with van der Waals surface area (Å²) in [6, 6.07) is 7.70. The van der Waals surface area contributed by atoms with Crippen LogP contribution in [0.15, 0.2) is 45.7 Å². The molecule has 2 aromatic heterocycles. The number of halogens is 1. The first kappa shape index (κ1) is 8.67. The number of benzene rings is 1. The summed E-state index contributed by atoms with van der Waals surface area (Å²) in [5.41, 5.74) is 2.69. The van der Waals surface area contributed by atoms with Crippen molar-refractivity contribution in [1.82, 2.24) is 15.0 Å². The van der Waals surface area contributed by atoms with Gasteiger partial charge >= 0.3 is 0 Å². The Bertz CT molecular complexity index is 600. The van der Waals surface area contributed by atoms with Gasteiger partial charge in [-0.3, -0.25) is 0 Å². The summed E-state index contributed by atoms with van der Waals surface area (Å²) in [6.45, 7) is 0. The van der Waals surface area contributed by atoms with E-state index in [-0.39, 0.29) is 0 Å². The lowest BCUT2D eigenvalue weighted by Crippen LogP contribution is -1.93. The number of aromatic nitrogens is 3. The van der Waals surface area contributed by atoms with Crippen molar-refractivity contribution >= 4 is 27.0 Å². The van der Waals surface area contributed by atoms with E-state index < -0.39 is 0 Å². The fraction of sp³-hybridized carbons (Fsp3) is 0. The molecule has 0 unspecified atom stereocenters. The normalized spacial score (nSPS) is 11.0. The number of furan rings is 1.